The monoisotopic (exact) mass is 421 g/mol. The van der Waals surface area contributed by atoms with Gasteiger partial charge in [0.05, 0.1) is 12.8 Å². The Kier molecular flexibility index (Phi) is 5.24. The van der Waals surface area contributed by atoms with E-state index in [1.165, 1.54) is 0 Å². The molecular weight excluding hydrogens is 402 g/mol. The first kappa shape index (κ1) is 19.4. The van der Waals surface area contributed by atoms with Crippen LogP contribution in [0, 0.1) is 0 Å². The number of nitrogens with zero attached hydrogens (tertiary/aromatic N) is 5. The molecule has 0 aliphatic rings. The van der Waals surface area contributed by atoms with E-state index in [0.717, 1.165) is 28.1 Å². The number of aromatic nitrogens is 6. The Labute approximate surface area is 184 Å². The third-order valence-corrected chi connectivity index (χ3v) is 4.82. The van der Waals surface area contributed by atoms with Crippen LogP contribution >= 0.6 is 0 Å². The van der Waals surface area contributed by atoms with Crippen LogP contribution in [0.2, 0.25) is 0 Å². The van der Waals surface area contributed by atoms with E-state index in [4.69, 9.17) is 4.74 Å². The number of hydrogen-bond acceptors (Lipinski definition) is 7. The predicted octanol–water partition coefficient (Wildman–Crippen LogP) is 4.74. The number of anilines is 2. The lowest BCUT2D eigenvalue weighted by Crippen LogP contribution is -2.03. The SMILES string of the molecule is COc1ccc(-c2nc(Nc3cc(-c4ccccc4)[nH]n3)nc(-c3ccncc3)n2)cc1. The van der Waals surface area contributed by atoms with Crippen molar-refractivity contribution in [2.45, 2.75) is 0 Å². The maximum Gasteiger partial charge on any atom is 0.232 e. The van der Waals surface area contributed by atoms with Gasteiger partial charge in [0.2, 0.25) is 5.95 Å². The maximum atomic E-state index is 5.26. The van der Waals surface area contributed by atoms with E-state index < -0.39 is 0 Å². The molecular formula is C24H19N7O. The smallest absolute Gasteiger partial charge is 0.232 e. The largest absolute Gasteiger partial charge is 0.497 e. The quantitative estimate of drug-likeness (QED) is 0.408. The molecule has 0 bridgehead atoms. The number of methoxy groups -OCH3 is 1. The minimum absolute atomic E-state index is 0.392. The van der Waals surface area contributed by atoms with Crippen molar-refractivity contribution in [2.75, 3.05) is 12.4 Å². The summed E-state index contributed by atoms with van der Waals surface area (Å²) in [6.07, 6.45) is 3.41. The molecule has 3 heterocycles. The zero-order chi connectivity index (χ0) is 21.8. The first-order valence-corrected chi connectivity index (χ1v) is 9.97. The highest BCUT2D eigenvalue weighted by Crippen LogP contribution is 2.25. The topological polar surface area (TPSA) is 102 Å². The Balaban J connectivity index is 1.52. The molecule has 0 atom stereocenters. The lowest BCUT2D eigenvalue weighted by Gasteiger charge is -2.08. The van der Waals surface area contributed by atoms with E-state index in [1.807, 2.05) is 72.8 Å². The van der Waals surface area contributed by atoms with E-state index in [0.29, 0.717) is 23.4 Å². The first-order chi connectivity index (χ1) is 15.8. The molecule has 2 aromatic carbocycles. The van der Waals surface area contributed by atoms with Crippen LogP contribution in [-0.4, -0.2) is 37.2 Å². The molecule has 3 aromatic heterocycles. The fourth-order valence-electron chi connectivity index (χ4n) is 3.20. The Hall–Kier alpha value is -4.59. The summed E-state index contributed by atoms with van der Waals surface area (Å²) in [5, 5.41) is 10.6. The molecule has 156 valence electrons. The van der Waals surface area contributed by atoms with Crippen molar-refractivity contribution in [3.63, 3.8) is 0 Å². The van der Waals surface area contributed by atoms with Gasteiger partial charge in [0.25, 0.3) is 0 Å². The highest BCUT2D eigenvalue weighted by Gasteiger charge is 2.12. The van der Waals surface area contributed by atoms with Gasteiger partial charge in [-0.3, -0.25) is 10.1 Å². The number of aromatic amines is 1. The standard InChI is InChI=1S/C24H19N7O/c1-32-19-9-7-17(8-10-19)22-27-23(18-11-13-25-14-12-18)29-24(28-22)26-21-15-20(30-31-21)16-5-3-2-4-6-16/h2-15H,1H3,(H2,26,27,28,29,30,31). The van der Waals surface area contributed by atoms with Gasteiger partial charge >= 0.3 is 0 Å². The van der Waals surface area contributed by atoms with Crippen molar-refractivity contribution in [1.29, 1.82) is 0 Å². The van der Waals surface area contributed by atoms with Crippen molar-refractivity contribution >= 4 is 11.8 Å². The van der Waals surface area contributed by atoms with Crippen LogP contribution < -0.4 is 10.1 Å². The second-order valence-corrected chi connectivity index (χ2v) is 6.93. The van der Waals surface area contributed by atoms with Gasteiger partial charge in [-0.1, -0.05) is 30.3 Å². The van der Waals surface area contributed by atoms with Crippen LogP contribution in [0.3, 0.4) is 0 Å². The molecule has 8 heteroatoms. The Morgan fingerprint density at radius 2 is 1.44 bits per heavy atom. The van der Waals surface area contributed by atoms with E-state index >= 15 is 0 Å². The van der Waals surface area contributed by atoms with E-state index in [-0.39, 0.29) is 0 Å². The lowest BCUT2D eigenvalue weighted by molar-refractivity contribution is 0.415. The molecule has 0 aliphatic heterocycles. The minimum atomic E-state index is 0.392. The first-order valence-electron chi connectivity index (χ1n) is 9.97. The minimum Gasteiger partial charge on any atom is -0.497 e. The van der Waals surface area contributed by atoms with Gasteiger partial charge in [-0.2, -0.15) is 15.1 Å². The van der Waals surface area contributed by atoms with Crippen LogP contribution in [0.25, 0.3) is 34.0 Å². The Morgan fingerprint density at radius 1 is 0.750 bits per heavy atom. The van der Waals surface area contributed by atoms with Gasteiger partial charge in [-0.15, -0.1) is 0 Å². The lowest BCUT2D eigenvalue weighted by atomic mass is 10.2. The third-order valence-electron chi connectivity index (χ3n) is 4.82. The second-order valence-electron chi connectivity index (χ2n) is 6.93. The highest BCUT2D eigenvalue weighted by atomic mass is 16.5. The van der Waals surface area contributed by atoms with Crippen molar-refractivity contribution < 1.29 is 4.74 Å². The van der Waals surface area contributed by atoms with Crippen molar-refractivity contribution in [3.8, 4) is 39.8 Å². The van der Waals surface area contributed by atoms with Gasteiger partial charge < -0.3 is 10.1 Å². The molecule has 0 fully saturated rings. The van der Waals surface area contributed by atoms with Gasteiger partial charge in [0, 0.05) is 29.6 Å². The van der Waals surface area contributed by atoms with Gasteiger partial charge in [0.15, 0.2) is 17.5 Å². The number of rotatable bonds is 6. The van der Waals surface area contributed by atoms with Crippen LogP contribution in [0.4, 0.5) is 11.8 Å². The number of benzene rings is 2. The van der Waals surface area contributed by atoms with E-state index in [2.05, 4.69) is 35.5 Å². The third kappa shape index (κ3) is 4.15. The summed E-state index contributed by atoms with van der Waals surface area (Å²) in [7, 11) is 1.63. The predicted molar refractivity (Wildman–Crippen MR) is 122 cm³/mol. The number of ether oxygens (including phenoxy) is 1. The van der Waals surface area contributed by atoms with Crippen molar-refractivity contribution in [3.05, 3.63) is 85.2 Å². The molecule has 8 nitrogen and oxygen atoms in total. The molecule has 0 saturated heterocycles. The zero-order valence-electron chi connectivity index (χ0n) is 17.2. The molecule has 0 radical (unpaired) electrons. The fourth-order valence-corrected chi connectivity index (χ4v) is 3.20. The van der Waals surface area contributed by atoms with Crippen molar-refractivity contribution in [2.24, 2.45) is 0 Å². The fraction of sp³-hybridized carbons (Fsp3) is 0.0417. The van der Waals surface area contributed by atoms with Gasteiger partial charge in [-0.05, 0) is 42.0 Å². The highest BCUT2D eigenvalue weighted by molar-refractivity contribution is 5.67. The van der Waals surface area contributed by atoms with Crippen molar-refractivity contribution in [1.82, 2.24) is 30.1 Å². The molecule has 5 rings (SSSR count). The van der Waals surface area contributed by atoms with Crippen LogP contribution in [0.15, 0.2) is 85.2 Å². The molecule has 0 spiro atoms. The molecule has 0 amide bonds. The summed E-state index contributed by atoms with van der Waals surface area (Å²) < 4.78 is 5.26. The zero-order valence-corrected chi connectivity index (χ0v) is 17.2. The number of nitrogens with one attached hydrogen (secondary N) is 2. The summed E-state index contributed by atoms with van der Waals surface area (Å²) in [6.45, 7) is 0. The maximum absolute atomic E-state index is 5.26. The number of hydrogen-bond donors (Lipinski definition) is 2. The normalized spacial score (nSPS) is 10.7. The summed E-state index contributed by atoms with van der Waals surface area (Å²) in [5.74, 6) is 2.84. The molecule has 2 N–H and O–H groups in total. The van der Waals surface area contributed by atoms with E-state index in [9.17, 15) is 0 Å². The van der Waals surface area contributed by atoms with Gasteiger partial charge in [0.1, 0.15) is 5.75 Å². The summed E-state index contributed by atoms with van der Waals surface area (Å²) in [6, 6.07) is 23.2. The summed E-state index contributed by atoms with van der Waals surface area (Å²) in [5.41, 5.74) is 3.62. The Morgan fingerprint density at radius 3 is 2.12 bits per heavy atom. The molecule has 32 heavy (non-hydrogen) atoms. The molecule has 5 aromatic rings. The average Bonchev–Trinajstić information content (AvgIpc) is 3.33. The molecule has 0 aliphatic carbocycles. The summed E-state index contributed by atoms with van der Waals surface area (Å²) >= 11 is 0. The number of pyridine rings is 1. The summed E-state index contributed by atoms with van der Waals surface area (Å²) in [4.78, 5) is 18.0. The molecule has 0 saturated carbocycles. The van der Waals surface area contributed by atoms with Gasteiger partial charge in [-0.25, -0.2) is 4.98 Å². The van der Waals surface area contributed by atoms with Crippen LogP contribution in [0.1, 0.15) is 0 Å². The van der Waals surface area contributed by atoms with Crippen LogP contribution in [0.5, 0.6) is 5.75 Å². The van der Waals surface area contributed by atoms with Crippen LogP contribution in [-0.2, 0) is 0 Å². The second kappa shape index (κ2) is 8.65. The average molecular weight is 421 g/mol. The Bertz CT molecular complexity index is 1320. The number of H-pyrrole nitrogens is 1. The van der Waals surface area contributed by atoms with E-state index in [1.54, 1.807) is 19.5 Å². The molecule has 0 unspecified atom stereocenters.